The second-order valence-electron chi connectivity index (χ2n) is 5.48. The summed E-state index contributed by atoms with van der Waals surface area (Å²) < 4.78 is 0. The van der Waals surface area contributed by atoms with E-state index in [1.807, 2.05) is 4.90 Å². The summed E-state index contributed by atoms with van der Waals surface area (Å²) in [7, 11) is 0. The highest BCUT2D eigenvalue weighted by molar-refractivity contribution is 5.84. The molecule has 0 aliphatic heterocycles. The molecule has 0 aromatic rings. The lowest BCUT2D eigenvalue weighted by Crippen LogP contribution is -2.40. The van der Waals surface area contributed by atoms with Crippen molar-refractivity contribution in [2.24, 2.45) is 17.6 Å². The first kappa shape index (κ1) is 14.2. The molecule has 0 atom stereocenters. The van der Waals surface area contributed by atoms with E-state index in [1.54, 1.807) is 0 Å². The molecule has 17 heavy (non-hydrogen) atoms. The Hall–Kier alpha value is -0.900. The van der Waals surface area contributed by atoms with Crippen molar-refractivity contribution >= 4 is 11.7 Å². The highest BCUT2D eigenvalue weighted by Crippen LogP contribution is 2.25. The van der Waals surface area contributed by atoms with Crippen LogP contribution >= 0.6 is 0 Å². The minimum Gasteiger partial charge on any atom is -0.369 e. The first-order valence-electron chi connectivity index (χ1n) is 6.52. The van der Waals surface area contributed by atoms with Gasteiger partial charge in [0.05, 0.1) is 13.1 Å². The quantitative estimate of drug-likeness (QED) is 0.727. The number of Topliss-reactive ketones (excluding diaryl/α,β-unsaturated/α-hetero) is 1. The van der Waals surface area contributed by atoms with Crippen molar-refractivity contribution in [2.45, 2.75) is 39.5 Å². The molecule has 1 amide bonds. The summed E-state index contributed by atoms with van der Waals surface area (Å²) in [6, 6.07) is 0. The Bertz CT molecular complexity index is 271. The molecule has 4 nitrogen and oxygen atoms in total. The summed E-state index contributed by atoms with van der Waals surface area (Å²) in [4.78, 5) is 24.9. The van der Waals surface area contributed by atoms with Crippen LogP contribution in [-0.4, -0.2) is 36.2 Å². The van der Waals surface area contributed by atoms with Crippen LogP contribution < -0.4 is 5.73 Å². The van der Waals surface area contributed by atoms with Crippen LogP contribution in [-0.2, 0) is 9.59 Å². The lowest BCUT2D eigenvalue weighted by Gasteiger charge is -2.23. The fourth-order valence-corrected chi connectivity index (χ4v) is 2.52. The summed E-state index contributed by atoms with van der Waals surface area (Å²) in [5, 5.41) is 0. The molecule has 2 N–H and O–H groups in total. The lowest BCUT2D eigenvalue weighted by atomic mass is 10.0. The van der Waals surface area contributed by atoms with Crippen LogP contribution in [0.15, 0.2) is 0 Å². The largest absolute Gasteiger partial charge is 0.369 e. The maximum absolute atomic E-state index is 12.0. The van der Waals surface area contributed by atoms with Crippen molar-refractivity contribution in [1.29, 1.82) is 0 Å². The summed E-state index contributed by atoms with van der Waals surface area (Å²) in [5.41, 5.74) is 5.21. The van der Waals surface area contributed by atoms with Crippen molar-refractivity contribution in [3.05, 3.63) is 0 Å². The minimum absolute atomic E-state index is 0.191. The molecule has 0 aromatic carbocycles. The van der Waals surface area contributed by atoms with Crippen LogP contribution in [0.25, 0.3) is 0 Å². The molecule has 0 bridgehead atoms. The SMILES string of the molecule is CC(C)CN(CC(N)=O)CC(=O)C1CCCC1. The number of nitrogens with zero attached hydrogens (tertiary/aromatic N) is 1. The maximum Gasteiger partial charge on any atom is 0.231 e. The predicted octanol–water partition coefficient (Wildman–Crippen LogP) is 1.19. The number of ketones is 1. The number of amides is 1. The molecule has 0 heterocycles. The zero-order chi connectivity index (χ0) is 12.8. The Labute approximate surface area is 104 Å². The van der Waals surface area contributed by atoms with E-state index in [0.29, 0.717) is 12.5 Å². The average molecular weight is 240 g/mol. The summed E-state index contributed by atoms with van der Waals surface area (Å²) in [6.45, 7) is 5.48. The number of hydrogen-bond donors (Lipinski definition) is 1. The van der Waals surface area contributed by atoms with Crippen molar-refractivity contribution in [2.75, 3.05) is 19.6 Å². The average Bonchev–Trinajstić information content (AvgIpc) is 2.67. The van der Waals surface area contributed by atoms with Crippen LogP contribution in [0.3, 0.4) is 0 Å². The third kappa shape index (κ3) is 5.31. The van der Waals surface area contributed by atoms with Crippen molar-refractivity contribution < 1.29 is 9.59 Å². The van der Waals surface area contributed by atoms with Gasteiger partial charge in [0, 0.05) is 12.5 Å². The second-order valence-corrected chi connectivity index (χ2v) is 5.48. The van der Waals surface area contributed by atoms with Crippen LogP contribution in [0.2, 0.25) is 0 Å². The van der Waals surface area contributed by atoms with E-state index in [9.17, 15) is 9.59 Å². The molecular formula is C13H24N2O2. The molecule has 1 fully saturated rings. The minimum atomic E-state index is -0.357. The zero-order valence-corrected chi connectivity index (χ0v) is 10.9. The van der Waals surface area contributed by atoms with E-state index in [-0.39, 0.29) is 24.2 Å². The third-order valence-electron chi connectivity index (χ3n) is 3.19. The molecule has 1 saturated carbocycles. The van der Waals surface area contributed by atoms with E-state index >= 15 is 0 Å². The molecule has 0 aromatic heterocycles. The van der Waals surface area contributed by atoms with Gasteiger partial charge in [-0.2, -0.15) is 0 Å². The fourth-order valence-electron chi connectivity index (χ4n) is 2.52. The first-order valence-corrected chi connectivity index (χ1v) is 6.52. The van der Waals surface area contributed by atoms with Crippen LogP contribution in [0.1, 0.15) is 39.5 Å². The highest BCUT2D eigenvalue weighted by Gasteiger charge is 2.24. The second kappa shape index (κ2) is 6.74. The van der Waals surface area contributed by atoms with E-state index in [2.05, 4.69) is 13.8 Å². The predicted molar refractivity (Wildman–Crippen MR) is 67.4 cm³/mol. The molecule has 0 radical (unpaired) electrons. The molecule has 1 aliphatic rings. The number of carbonyl (C=O) groups excluding carboxylic acids is 2. The van der Waals surface area contributed by atoms with Gasteiger partial charge in [0.1, 0.15) is 5.78 Å². The molecule has 1 rings (SSSR count). The van der Waals surface area contributed by atoms with Gasteiger partial charge in [-0.15, -0.1) is 0 Å². The van der Waals surface area contributed by atoms with E-state index in [4.69, 9.17) is 5.73 Å². The fraction of sp³-hybridized carbons (Fsp3) is 0.846. The van der Waals surface area contributed by atoms with Gasteiger partial charge in [-0.05, 0) is 18.8 Å². The topological polar surface area (TPSA) is 63.4 Å². The van der Waals surface area contributed by atoms with E-state index in [1.165, 1.54) is 0 Å². The van der Waals surface area contributed by atoms with E-state index < -0.39 is 0 Å². The Morgan fingerprint density at radius 3 is 2.29 bits per heavy atom. The number of hydrogen-bond acceptors (Lipinski definition) is 3. The maximum atomic E-state index is 12.0. The van der Waals surface area contributed by atoms with Crippen molar-refractivity contribution in [3.8, 4) is 0 Å². The van der Waals surface area contributed by atoms with Gasteiger partial charge >= 0.3 is 0 Å². The van der Waals surface area contributed by atoms with Gasteiger partial charge in [-0.25, -0.2) is 0 Å². The van der Waals surface area contributed by atoms with E-state index in [0.717, 1.165) is 32.2 Å². The first-order chi connectivity index (χ1) is 7.99. The smallest absolute Gasteiger partial charge is 0.231 e. The van der Waals surface area contributed by atoms with Gasteiger partial charge in [-0.3, -0.25) is 14.5 Å². The Morgan fingerprint density at radius 1 is 1.24 bits per heavy atom. The van der Waals surface area contributed by atoms with Gasteiger partial charge in [0.2, 0.25) is 5.91 Å². The zero-order valence-electron chi connectivity index (χ0n) is 10.9. The molecule has 98 valence electrons. The van der Waals surface area contributed by atoms with Gasteiger partial charge < -0.3 is 5.73 Å². The van der Waals surface area contributed by atoms with Gasteiger partial charge in [0.25, 0.3) is 0 Å². The summed E-state index contributed by atoms with van der Waals surface area (Å²) >= 11 is 0. The van der Waals surface area contributed by atoms with Crippen LogP contribution in [0, 0.1) is 11.8 Å². The monoisotopic (exact) mass is 240 g/mol. The third-order valence-corrected chi connectivity index (χ3v) is 3.19. The Morgan fingerprint density at radius 2 is 1.82 bits per heavy atom. The number of carbonyl (C=O) groups is 2. The number of nitrogens with two attached hydrogens (primary N) is 1. The van der Waals surface area contributed by atoms with Crippen molar-refractivity contribution in [1.82, 2.24) is 4.90 Å². The Kier molecular flexibility index (Phi) is 5.62. The number of primary amides is 1. The lowest BCUT2D eigenvalue weighted by molar-refractivity contribution is -0.125. The normalized spacial score (nSPS) is 16.9. The molecule has 1 aliphatic carbocycles. The molecular weight excluding hydrogens is 216 g/mol. The van der Waals surface area contributed by atoms with Crippen molar-refractivity contribution in [3.63, 3.8) is 0 Å². The molecule has 0 unspecified atom stereocenters. The molecule has 4 heteroatoms. The molecule has 0 spiro atoms. The van der Waals surface area contributed by atoms with Crippen LogP contribution in [0.4, 0.5) is 0 Å². The Balaban J connectivity index is 2.45. The molecule has 0 saturated heterocycles. The van der Waals surface area contributed by atoms with Gasteiger partial charge in [-0.1, -0.05) is 26.7 Å². The highest BCUT2D eigenvalue weighted by atomic mass is 16.1. The summed E-state index contributed by atoms with van der Waals surface area (Å²) in [5.74, 6) is 0.581. The summed E-state index contributed by atoms with van der Waals surface area (Å²) in [6.07, 6.45) is 4.36. The van der Waals surface area contributed by atoms with Gasteiger partial charge in [0.15, 0.2) is 0 Å². The van der Waals surface area contributed by atoms with Crippen LogP contribution in [0.5, 0.6) is 0 Å². The standard InChI is InChI=1S/C13H24N2O2/c1-10(2)7-15(9-13(14)17)8-12(16)11-5-3-4-6-11/h10-11H,3-9H2,1-2H3,(H2,14,17). The number of rotatable bonds is 7.